The molecule has 6 nitrogen and oxygen atoms in total. The monoisotopic (exact) mass is 447 g/mol. The molecular formula is C25H25N3O3S. The second kappa shape index (κ2) is 9.44. The number of hydrogen-bond acceptors (Lipinski definition) is 5. The lowest BCUT2D eigenvalue weighted by Crippen LogP contribution is -2.43. The number of rotatable bonds is 5. The van der Waals surface area contributed by atoms with Gasteiger partial charge in [-0.2, -0.15) is 0 Å². The Morgan fingerprint density at radius 3 is 2.47 bits per heavy atom. The van der Waals surface area contributed by atoms with Crippen molar-refractivity contribution in [3.63, 3.8) is 0 Å². The average Bonchev–Trinajstić information content (AvgIpc) is 3.24. The molecule has 2 amide bonds. The number of carbonyl (C=O) groups is 3. The van der Waals surface area contributed by atoms with Crippen LogP contribution in [0.25, 0.3) is 11.3 Å². The first kappa shape index (κ1) is 21.9. The SMILES string of the molecule is CC(=O)c1sc(NC(=O)[C@@H]2CCCN(C(=O)c3ccc(C)cc3)C2)nc1-c1ccccc1. The van der Waals surface area contributed by atoms with Crippen molar-refractivity contribution in [2.75, 3.05) is 18.4 Å². The van der Waals surface area contributed by atoms with E-state index >= 15 is 0 Å². The number of aromatic nitrogens is 1. The van der Waals surface area contributed by atoms with E-state index in [1.54, 1.807) is 4.90 Å². The molecule has 2 heterocycles. The summed E-state index contributed by atoms with van der Waals surface area (Å²) in [4.78, 5) is 44.8. The lowest BCUT2D eigenvalue weighted by molar-refractivity contribution is -0.121. The number of likely N-dealkylation sites (tertiary alicyclic amines) is 1. The van der Waals surface area contributed by atoms with Gasteiger partial charge in [0.05, 0.1) is 16.5 Å². The summed E-state index contributed by atoms with van der Waals surface area (Å²) in [5.74, 6) is -0.630. The molecule has 1 saturated heterocycles. The Bertz CT molecular complexity index is 1140. The van der Waals surface area contributed by atoms with Crippen LogP contribution in [0.2, 0.25) is 0 Å². The van der Waals surface area contributed by atoms with Gasteiger partial charge in [-0.25, -0.2) is 4.98 Å². The molecule has 3 aromatic rings. The van der Waals surface area contributed by atoms with Crippen molar-refractivity contribution in [2.45, 2.75) is 26.7 Å². The number of nitrogens with one attached hydrogen (secondary N) is 1. The first-order valence-corrected chi connectivity index (χ1v) is 11.5. The summed E-state index contributed by atoms with van der Waals surface area (Å²) >= 11 is 1.19. The zero-order valence-corrected chi connectivity index (χ0v) is 18.9. The Labute approximate surface area is 191 Å². The molecule has 0 bridgehead atoms. The van der Waals surface area contributed by atoms with E-state index in [9.17, 15) is 14.4 Å². The fourth-order valence-corrected chi connectivity index (χ4v) is 4.75. The largest absolute Gasteiger partial charge is 0.338 e. The van der Waals surface area contributed by atoms with Crippen LogP contribution in [-0.2, 0) is 4.79 Å². The van der Waals surface area contributed by atoms with Gasteiger partial charge in [0, 0.05) is 31.1 Å². The van der Waals surface area contributed by atoms with Gasteiger partial charge in [0.1, 0.15) is 0 Å². The maximum atomic E-state index is 13.0. The molecule has 1 aliphatic heterocycles. The molecule has 1 aromatic heterocycles. The Morgan fingerprint density at radius 2 is 1.78 bits per heavy atom. The Morgan fingerprint density at radius 1 is 1.06 bits per heavy atom. The molecule has 0 unspecified atom stereocenters. The summed E-state index contributed by atoms with van der Waals surface area (Å²) in [6.45, 7) is 4.49. The van der Waals surface area contributed by atoms with Crippen molar-refractivity contribution in [1.82, 2.24) is 9.88 Å². The average molecular weight is 448 g/mol. The van der Waals surface area contributed by atoms with Crippen LogP contribution in [0, 0.1) is 12.8 Å². The number of hydrogen-bond donors (Lipinski definition) is 1. The van der Waals surface area contributed by atoms with Crippen molar-refractivity contribution >= 4 is 34.1 Å². The normalized spacial score (nSPS) is 15.9. The highest BCUT2D eigenvalue weighted by molar-refractivity contribution is 7.18. The number of Topliss-reactive ketones (excluding diaryl/α,β-unsaturated/α-hetero) is 1. The smallest absolute Gasteiger partial charge is 0.253 e. The molecule has 0 spiro atoms. The fourth-order valence-electron chi connectivity index (χ4n) is 3.87. The highest BCUT2D eigenvalue weighted by Gasteiger charge is 2.30. The standard InChI is InChI=1S/C25H25N3O3S/c1-16-10-12-19(13-11-16)24(31)28-14-6-9-20(15-28)23(30)27-25-26-21(22(32-25)17(2)29)18-7-4-3-5-8-18/h3-5,7-8,10-13,20H,6,9,14-15H2,1-2H3,(H,26,27,30)/t20-/m1/s1. The van der Waals surface area contributed by atoms with Crippen LogP contribution in [0.5, 0.6) is 0 Å². The zero-order chi connectivity index (χ0) is 22.7. The molecular weight excluding hydrogens is 422 g/mol. The quantitative estimate of drug-likeness (QED) is 0.569. The van der Waals surface area contributed by atoms with E-state index in [0.29, 0.717) is 40.8 Å². The second-order valence-electron chi connectivity index (χ2n) is 8.06. The van der Waals surface area contributed by atoms with Crippen LogP contribution in [0.1, 0.15) is 45.4 Å². The van der Waals surface area contributed by atoms with E-state index in [-0.39, 0.29) is 23.5 Å². The first-order valence-electron chi connectivity index (χ1n) is 10.7. The molecule has 2 aromatic carbocycles. The van der Waals surface area contributed by atoms with Crippen LogP contribution >= 0.6 is 11.3 Å². The number of carbonyl (C=O) groups excluding carboxylic acids is 3. The number of benzene rings is 2. The molecule has 1 N–H and O–H groups in total. The Hall–Kier alpha value is -3.32. The maximum Gasteiger partial charge on any atom is 0.253 e. The van der Waals surface area contributed by atoms with Crippen LogP contribution in [0.4, 0.5) is 5.13 Å². The third-order valence-corrected chi connectivity index (χ3v) is 6.67. The molecule has 164 valence electrons. The number of anilines is 1. The lowest BCUT2D eigenvalue weighted by Gasteiger charge is -2.32. The van der Waals surface area contributed by atoms with Gasteiger partial charge in [0.2, 0.25) is 5.91 Å². The predicted molar refractivity (Wildman–Crippen MR) is 126 cm³/mol. The van der Waals surface area contributed by atoms with Gasteiger partial charge in [-0.1, -0.05) is 59.4 Å². The van der Waals surface area contributed by atoms with Crippen molar-refractivity contribution < 1.29 is 14.4 Å². The first-order chi connectivity index (χ1) is 15.4. The van der Waals surface area contributed by atoms with Crippen LogP contribution < -0.4 is 5.32 Å². The third-order valence-electron chi connectivity index (χ3n) is 5.60. The van der Waals surface area contributed by atoms with Crippen molar-refractivity contribution in [3.05, 3.63) is 70.6 Å². The Balaban J connectivity index is 1.47. The van der Waals surface area contributed by atoms with Crippen LogP contribution in [0.15, 0.2) is 54.6 Å². The summed E-state index contributed by atoms with van der Waals surface area (Å²) < 4.78 is 0. The van der Waals surface area contributed by atoms with E-state index in [0.717, 1.165) is 17.5 Å². The van der Waals surface area contributed by atoms with Crippen LogP contribution in [-0.4, -0.2) is 40.6 Å². The number of piperidine rings is 1. The molecule has 1 atom stereocenters. The second-order valence-corrected chi connectivity index (χ2v) is 9.06. The lowest BCUT2D eigenvalue weighted by atomic mass is 9.96. The summed E-state index contributed by atoms with van der Waals surface area (Å²) in [5.41, 5.74) is 3.15. The fraction of sp³-hybridized carbons (Fsp3) is 0.280. The minimum atomic E-state index is -0.317. The number of aryl methyl sites for hydroxylation is 1. The topological polar surface area (TPSA) is 79.4 Å². The van der Waals surface area contributed by atoms with Gasteiger partial charge >= 0.3 is 0 Å². The van der Waals surface area contributed by atoms with E-state index in [1.165, 1.54) is 18.3 Å². The van der Waals surface area contributed by atoms with Gasteiger partial charge in [0.15, 0.2) is 10.9 Å². The highest BCUT2D eigenvalue weighted by atomic mass is 32.1. The van der Waals surface area contributed by atoms with Crippen molar-refractivity contribution in [3.8, 4) is 11.3 Å². The van der Waals surface area contributed by atoms with E-state index < -0.39 is 0 Å². The molecule has 1 fully saturated rings. The van der Waals surface area contributed by atoms with E-state index in [2.05, 4.69) is 10.3 Å². The summed E-state index contributed by atoms with van der Waals surface area (Å²) in [7, 11) is 0. The summed E-state index contributed by atoms with van der Waals surface area (Å²) in [5, 5.41) is 3.29. The summed E-state index contributed by atoms with van der Waals surface area (Å²) in [6, 6.07) is 16.9. The number of thiazole rings is 1. The van der Waals surface area contributed by atoms with E-state index in [4.69, 9.17) is 0 Å². The van der Waals surface area contributed by atoms with Gasteiger partial charge < -0.3 is 10.2 Å². The van der Waals surface area contributed by atoms with E-state index in [1.807, 2.05) is 61.5 Å². The van der Waals surface area contributed by atoms with Crippen molar-refractivity contribution in [1.29, 1.82) is 0 Å². The molecule has 1 aliphatic rings. The molecule has 0 saturated carbocycles. The van der Waals surface area contributed by atoms with Crippen LogP contribution in [0.3, 0.4) is 0 Å². The Kier molecular flexibility index (Phi) is 6.46. The molecule has 7 heteroatoms. The van der Waals surface area contributed by atoms with Crippen molar-refractivity contribution in [2.24, 2.45) is 5.92 Å². The molecule has 4 rings (SSSR count). The van der Waals surface area contributed by atoms with Gasteiger partial charge in [0.25, 0.3) is 5.91 Å². The summed E-state index contributed by atoms with van der Waals surface area (Å²) in [6.07, 6.45) is 1.47. The third kappa shape index (κ3) is 4.78. The number of amides is 2. The minimum Gasteiger partial charge on any atom is -0.338 e. The minimum absolute atomic E-state index is 0.0537. The number of ketones is 1. The maximum absolute atomic E-state index is 13.0. The number of nitrogens with zero attached hydrogens (tertiary/aromatic N) is 2. The highest BCUT2D eigenvalue weighted by Crippen LogP contribution is 2.32. The molecule has 32 heavy (non-hydrogen) atoms. The van der Waals surface area contributed by atoms with Gasteiger partial charge in [-0.3, -0.25) is 14.4 Å². The van der Waals surface area contributed by atoms with Gasteiger partial charge in [-0.15, -0.1) is 0 Å². The molecule has 0 aliphatic carbocycles. The predicted octanol–water partition coefficient (Wildman–Crippen LogP) is 4.81. The zero-order valence-electron chi connectivity index (χ0n) is 18.1. The molecule has 0 radical (unpaired) electrons. The van der Waals surface area contributed by atoms with Gasteiger partial charge in [-0.05, 0) is 31.9 Å².